The Hall–Kier alpha value is -0.100. The molecule has 0 aromatic heterocycles. The number of alkyl halides is 1. The number of hydrogen-bond donors (Lipinski definition) is 1. The third-order valence-electron chi connectivity index (χ3n) is 1.87. The number of aliphatic hydroxyl groups is 1. The Morgan fingerprint density at radius 3 is 2.20 bits per heavy atom. The fraction of sp³-hybridized carbons (Fsp3) is 0.333. The lowest BCUT2D eigenvalue weighted by molar-refractivity contribution is 0.195. The molecule has 2 atom stereocenters. The summed E-state index contributed by atoms with van der Waals surface area (Å²) >= 11 is 8.62. The van der Waals surface area contributed by atoms with Gasteiger partial charge in [0.1, 0.15) is 10.3 Å². The van der Waals surface area contributed by atoms with Gasteiger partial charge in [-0.1, -0.05) is 39.7 Å². The summed E-state index contributed by atoms with van der Waals surface area (Å²) in [5.41, 5.74) is 0.506. The number of rotatable bonds is 3. The number of benzene rings is 1. The van der Waals surface area contributed by atoms with Crippen molar-refractivity contribution >= 4 is 37.4 Å². The smallest absolute Gasteiger partial charge is 0.163 e. The topological polar surface area (TPSA) is 54.4 Å². The summed E-state index contributed by atoms with van der Waals surface area (Å²) in [4.78, 5) is 0. The van der Waals surface area contributed by atoms with Crippen LogP contribution in [0.15, 0.2) is 24.3 Å². The van der Waals surface area contributed by atoms with E-state index in [1.165, 1.54) is 0 Å². The van der Waals surface area contributed by atoms with Gasteiger partial charge in [-0.3, -0.25) is 0 Å². The molecule has 15 heavy (non-hydrogen) atoms. The van der Waals surface area contributed by atoms with Gasteiger partial charge in [-0.15, -0.1) is 0 Å². The lowest BCUT2D eigenvalue weighted by Gasteiger charge is -2.15. The number of hydrogen-bond acceptors (Lipinski definition) is 3. The van der Waals surface area contributed by atoms with E-state index in [0.29, 0.717) is 10.6 Å². The fourth-order valence-electron chi connectivity index (χ4n) is 1.05. The van der Waals surface area contributed by atoms with E-state index in [0.717, 1.165) is 6.26 Å². The van der Waals surface area contributed by atoms with Crippen LogP contribution in [0.4, 0.5) is 0 Å². The van der Waals surface area contributed by atoms with Crippen LogP contribution in [0.2, 0.25) is 5.02 Å². The zero-order chi connectivity index (χ0) is 11.6. The van der Waals surface area contributed by atoms with E-state index in [4.69, 9.17) is 11.6 Å². The molecule has 0 aliphatic heterocycles. The SMILES string of the molecule is CS(=O)(=O)[C@H](Br)[C@@H](O)c1ccc(Cl)cc1. The Labute approximate surface area is 102 Å². The fourth-order valence-corrected chi connectivity index (χ4v) is 2.10. The Morgan fingerprint density at radius 2 is 1.80 bits per heavy atom. The average Bonchev–Trinajstić information content (AvgIpc) is 2.15. The van der Waals surface area contributed by atoms with Crippen LogP contribution in [0, 0.1) is 0 Å². The number of sulfone groups is 1. The van der Waals surface area contributed by atoms with Crippen molar-refractivity contribution in [2.45, 2.75) is 10.3 Å². The van der Waals surface area contributed by atoms with Gasteiger partial charge in [0.05, 0.1) is 0 Å². The van der Waals surface area contributed by atoms with Crippen molar-refractivity contribution < 1.29 is 13.5 Å². The highest BCUT2D eigenvalue weighted by Crippen LogP contribution is 2.26. The molecule has 3 nitrogen and oxygen atoms in total. The van der Waals surface area contributed by atoms with Gasteiger partial charge in [0.25, 0.3) is 0 Å². The minimum Gasteiger partial charge on any atom is -0.386 e. The number of halogens is 2. The molecule has 0 fully saturated rings. The molecule has 0 bridgehead atoms. The molecule has 0 aliphatic carbocycles. The monoisotopic (exact) mass is 312 g/mol. The van der Waals surface area contributed by atoms with Crippen molar-refractivity contribution in [2.24, 2.45) is 0 Å². The van der Waals surface area contributed by atoms with E-state index >= 15 is 0 Å². The normalized spacial score (nSPS) is 16.0. The second-order valence-corrected chi connectivity index (χ2v) is 7.37. The zero-order valence-electron chi connectivity index (χ0n) is 7.89. The third-order valence-corrected chi connectivity index (χ3v) is 5.73. The van der Waals surface area contributed by atoms with Crippen LogP contribution in [0.3, 0.4) is 0 Å². The van der Waals surface area contributed by atoms with Gasteiger partial charge < -0.3 is 5.11 Å². The molecule has 0 unspecified atom stereocenters. The molecule has 0 spiro atoms. The minimum atomic E-state index is -3.33. The highest BCUT2D eigenvalue weighted by Gasteiger charge is 2.27. The van der Waals surface area contributed by atoms with Crippen LogP contribution in [-0.4, -0.2) is 23.9 Å². The Morgan fingerprint density at radius 1 is 1.33 bits per heavy atom. The van der Waals surface area contributed by atoms with E-state index in [9.17, 15) is 13.5 Å². The van der Waals surface area contributed by atoms with Crippen molar-refractivity contribution in [1.29, 1.82) is 0 Å². The van der Waals surface area contributed by atoms with Gasteiger partial charge in [-0.25, -0.2) is 8.42 Å². The van der Waals surface area contributed by atoms with Crippen LogP contribution >= 0.6 is 27.5 Å². The van der Waals surface area contributed by atoms with Crippen molar-refractivity contribution in [3.05, 3.63) is 34.9 Å². The zero-order valence-corrected chi connectivity index (χ0v) is 11.1. The molecule has 84 valence electrons. The van der Waals surface area contributed by atoms with Gasteiger partial charge in [-0.2, -0.15) is 0 Å². The molecule has 0 saturated heterocycles. The van der Waals surface area contributed by atoms with Crippen LogP contribution in [-0.2, 0) is 9.84 Å². The van der Waals surface area contributed by atoms with Gasteiger partial charge >= 0.3 is 0 Å². The second kappa shape index (κ2) is 4.82. The van der Waals surface area contributed by atoms with Crippen molar-refractivity contribution in [2.75, 3.05) is 6.26 Å². The van der Waals surface area contributed by atoms with Crippen molar-refractivity contribution in [3.8, 4) is 0 Å². The van der Waals surface area contributed by atoms with Crippen LogP contribution in [0.1, 0.15) is 11.7 Å². The maximum absolute atomic E-state index is 11.2. The molecular weight excluding hydrogens is 304 g/mol. The molecule has 6 heteroatoms. The van der Waals surface area contributed by atoms with Gasteiger partial charge in [0.2, 0.25) is 0 Å². The first-order valence-electron chi connectivity index (χ1n) is 4.09. The highest BCUT2D eigenvalue weighted by atomic mass is 79.9. The molecule has 0 radical (unpaired) electrons. The molecule has 0 heterocycles. The predicted octanol–water partition coefficient (Wildman–Crippen LogP) is 2.14. The Kier molecular flexibility index (Phi) is 4.17. The van der Waals surface area contributed by atoms with E-state index in [-0.39, 0.29) is 0 Å². The van der Waals surface area contributed by atoms with E-state index in [1.807, 2.05) is 0 Å². The highest BCUT2D eigenvalue weighted by molar-refractivity contribution is 9.11. The third kappa shape index (κ3) is 3.45. The molecule has 1 N–H and O–H groups in total. The van der Waals surface area contributed by atoms with Crippen molar-refractivity contribution in [1.82, 2.24) is 0 Å². The predicted molar refractivity (Wildman–Crippen MR) is 64.0 cm³/mol. The maximum Gasteiger partial charge on any atom is 0.163 e. The van der Waals surface area contributed by atoms with Gasteiger partial charge in [0.15, 0.2) is 9.84 Å². The van der Waals surface area contributed by atoms with Crippen LogP contribution in [0.5, 0.6) is 0 Å². The van der Waals surface area contributed by atoms with Crippen LogP contribution < -0.4 is 0 Å². The summed E-state index contributed by atoms with van der Waals surface area (Å²) in [6.07, 6.45) is -0.0387. The largest absolute Gasteiger partial charge is 0.386 e. The molecule has 1 aromatic rings. The summed E-state index contributed by atoms with van der Waals surface area (Å²) < 4.78 is 21.4. The Bertz CT molecular complexity index is 429. The van der Waals surface area contributed by atoms with E-state index in [2.05, 4.69) is 15.9 Å². The quantitative estimate of drug-likeness (QED) is 0.870. The first-order chi connectivity index (χ1) is 6.82. The lowest BCUT2D eigenvalue weighted by atomic mass is 10.1. The summed E-state index contributed by atoms with van der Waals surface area (Å²) in [6.45, 7) is 0. The molecule has 0 saturated carbocycles. The first kappa shape index (κ1) is 13.0. The summed E-state index contributed by atoms with van der Waals surface area (Å²) in [5.74, 6) is 0. The second-order valence-electron chi connectivity index (χ2n) is 3.18. The van der Waals surface area contributed by atoms with Gasteiger partial charge in [-0.05, 0) is 17.7 Å². The van der Waals surface area contributed by atoms with E-state index in [1.54, 1.807) is 24.3 Å². The van der Waals surface area contributed by atoms with Gasteiger partial charge in [0, 0.05) is 11.3 Å². The maximum atomic E-state index is 11.2. The molecule has 0 aliphatic rings. The standard InChI is InChI=1S/C9H10BrClO3S/c1-15(13,14)9(10)8(12)6-2-4-7(11)5-3-6/h2-5,8-9,12H,1H3/t8-,9-/m0/s1. The molecular formula is C9H10BrClO3S. The summed E-state index contributed by atoms with van der Waals surface area (Å²) in [7, 11) is -3.33. The molecule has 0 amide bonds. The minimum absolute atomic E-state index is 0.506. The first-order valence-corrected chi connectivity index (χ1v) is 7.33. The summed E-state index contributed by atoms with van der Waals surface area (Å²) in [6, 6.07) is 6.38. The van der Waals surface area contributed by atoms with E-state index < -0.39 is 20.1 Å². The molecule has 1 rings (SSSR count). The Balaban J connectivity index is 2.95. The summed E-state index contributed by atoms with van der Waals surface area (Å²) in [5, 5.41) is 10.3. The van der Waals surface area contributed by atoms with Crippen molar-refractivity contribution in [3.63, 3.8) is 0 Å². The molecule has 1 aromatic carbocycles. The number of aliphatic hydroxyl groups excluding tert-OH is 1. The average molecular weight is 314 g/mol. The lowest BCUT2D eigenvalue weighted by Crippen LogP contribution is -2.21. The van der Waals surface area contributed by atoms with Crippen LogP contribution in [0.25, 0.3) is 0 Å².